The van der Waals surface area contributed by atoms with E-state index in [4.69, 9.17) is 4.98 Å². The third kappa shape index (κ3) is 2.63. The summed E-state index contributed by atoms with van der Waals surface area (Å²) in [5.41, 5.74) is 8.41. The topological polar surface area (TPSA) is 38.1 Å². The molecule has 0 fully saturated rings. The van der Waals surface area contributed by atoms with Crippen LogP contribution in [0.25, 0.3) is 55.4 Å². The molecule has 1 aliphatic rings. The first-order valence-corrected chi connectivity index (χ1v) is 11.2. The van der Waals surface area contributed by atoms with Gasteiger partial charge in [-0.15, -0.1) is 0 Å². The number of nitrogens with zero attached hydrogens (tertiary/aromatic N) is 2. The lowest BCUT2D eigenvalue weighted by Gasteiger charge is -2.26. The fourth-order valence-corrected chi connectivity index (χ4v) is 5.19. The summed E-state index contributed by atoms with van der Waals surface area (Å²) in [6.45, 7) is 0. The van der Waals surface area contributed by atoms with Crippen molar-refractivity contribution in [3.8, 4) is 33.6 Å². The van der Waals surface area contributed by atoms with E-state index >= 15 is 0 Å². The molecule has 0 amide bonds. The molecule has 0 saturated carbocycles. The van der Waals surface area contributed by atoms with Crippen molar-refractivity contribution in [2.45, 2.75) is 6.23 Å². The normalized spacial score (nSPS) is 14.5. The molecule has 33 heavy (non-hydrogen) atoms. The Labute approximate surface area is 191 Å². The summed E-state index contributed by atoms with van der Waals surface area (Å²) in [5.74, 6) is 0.811. The number of aromatic nitrogens is 2. The Morgan fingerprint density at radius 3 is 2.18 bits per heavy atom. The van der Waals surface area contributed by atoms with Crippen molar-refractivity contribution in [3.05, 3.63) is 115 Å². The minimum Gasteiger partial charge on any atom is -0.369 e. The third-order valence-corrected chi connectivity index (χ3v) is 6.72. The summed E-state index contributed by atoms with van der Waals surface area (Å²) >= 11 is 0. The molecule has 1 aliphatic heterocycles. The highest BCUT2D eigenvalue weighted by Crippen LogP contribution is 2.45. The van der Waals surface area contributed by atoms with Crippen LogP contribution >= 0.6 is 0 Å². The Morgan fingerprint density at radius 1 is 0.636 bits per heavy atom. The van der Waals surface area contributed by atoms with Crippen molar-refractivity contribution < 1.29 is 5.11 Å². The molecule has 0 aliphatic carbocycles. The number of fused-ring (bicyclic) bond motifs is 4. The van der Waals surface area contributed by atoms with Crippen LogP contribution in [-0.4, -0.2) is 14.7 Å². The summed E-state index contributed by atoms with van der Waals surface area (Å²) in [7, 11) is 0. The average Bonchev–Trinajstić information content (AvgIpc) is 3.27. The third-order valence-electron chi connectivity index (χ3n) is 6.72. The molecule has 0 saturated heterocycles. The summed E-state index contributed by atoms with van der Waals surface area (Å²) < 4.78 is 1.96. The van der Waals surface area contributed by atoms with Gasteiger partial charge in [0, 0.05) is 16.5 Å². The van der Waals surface area contributed by atoms with Crippen LogP contribution in [-0.2, 0) is 0 Å². The highest BCUT2D eigenvalue weighted by molar-refractivity contribution is 6.07. The minimum absolute atomic E-state index is 0.783. The van der Waals surface area contributed by atoms with Crippen molar-refractivity contribution in [1.82, 2.24) is 9.55 Å². The van der Waals surface area contributed by atoms with Gasteiger partial charge in [-0.3, -0.25) is 4.57 Å². The van der Waals surface area contributed by atoms with Gasteiger partial charge in [0.1, 0.15) is 5.82 Å². The van der Waals surface area contributed by atoms with Gasteiger partial charge in [0.15, 0.2) is 6.23 Å². The Morgan fingerprint density at radius 2 is 1.39 bits per heavy atom. The van der Waals surface area contributed by atoms with Gasteiger partial charge in [0.05, 0.1) is 11.0 Å². The minimum atomic E-state index is -0.783. The van der Waals surface area contributed by atoms with Gasteiger partial charge in [0.25, 0.3) is 0 Å². The molecular formula is C30H20N2O. The van der Waals surface area contributed by atoms with E-state index in [9.17, 15) is 5.11 Å². The highest BCUT2D eigenvalue weighted by atomic mass is 16.3. The van der Waals surface area contributed by atoms with E-state index in [-0.39, 0.29) is 0 Å². The zero-order valence-corrected chi connectivity index (χ0v) is 17.8. The molecule has 0 radical (unpaired) electrons. The van der Waals surface area contributed by atoms with Crippen LogP contribution in [0.5, 0.6) is 0 Å². The zero-order valence-electron chi connectivity index (χ0n) is 17.8. The van der Waals surface area contributed by atoms with Crippen molar-refractivity contribution in [2.24, 2.45) is 0 Å². The van der Waals surface area contributed by atoms with E-state index < -0.39 is 6.23 Å². The lowest BCUT2D eigenvalue weighted by molar-refractivity contribution is 0.152. The number of aliphatic hydroxyl groups is 1. The quantitative estimate of drug-likeness (QED) is 0.324. The second kappa shape index (κ2) is 6.89. The number of rotatable bonds is 2. The lowest BCUT2D eigenvalue weighted by Crippen LogP contribution is -2.16. The summed E-state index contributed by atoms with van der Waals surface area (Å²) in [6.07, 6.45) is -0.783. The van der Waals surface area contributed by atoms with Crippen LogP contribution in [0, 0.1) is 0 Å². The van der Waals surface area contributed by atoms with Crippen molar-refractivity contribution >= 4 is 21.8 Å². The molecule has 1 N–H and O–H groups in total. The van der Waals surface area contributed by atoms with Gasteiger partial charge in [-0.05, 0) is 39.8 Å². The monoisotopic (exact) mass is 424 g/mol. The molecule has 7 rings (SSSR count). The lowest BCUT2D eigenvalue weighted by atomic mass is 9.89. The second-order valence-electron chi connectivity index (χ2n) is 8.55. The maximum Gasteiger partial charge on any atom is 0.159 e. The Kier molecular flexibility index (Phi) is 3.84. The molecular weight excluding hydrogens is 404 g/mol. The van der Waals surface area contributed by atoms with E-state index in [0.29, 0.717) is 0 Å². The number of hydrogen-bond acceptors (Lipinski definition) is 2. The predicted molar refractivity (Wildman–Crippen MR) is 134 cm³/mol. The van der Waals surface area contributed by atoms with Crippen LogP contribution in [0.15, 0.2) is 109 Å². The molecule has 1 atom stereocenters. The van der Waals surface area contributed by atoms with Crippen molar-refractivity contribution in [3.63, 3.8) is 0 Å². The average molecular weight is 425 g/mol. The van der Waals surface area contributed by atoms with E-state index in [0.717, 1.165) is 49.9 Å². The number of hydrogen-bond donors (Lipinski definition) is 1. The molecule has 156 valence electrons. The summed E-state index contributed by atoms with van der Waals surface area (Å²) in [5, 5.41) is 13.7. The van der Waals surface area contributed by atoms with Crippen LogP contribution < -0.4 is 0 Å². The molecule has 3 nitrogen and oxygen atoms in total. The van der Waals surface area contributed by atoms with E-state index in [1.54, 1.807) is 0 Å². The first-order valence-electron chi connectivity index (χ1n) is 11.2. The van der Waals surface area contributed by atoms with Gasteiger partial charge in [0.2, 0.25) is 0 Å². The van der Waals surface area contributed by atoms with Gasteiger partial charge >= 0.3 is 0 Å². The second-order valence-corrected chi connectivity index (χ2v) is 8.55. The fraction of sp³-hybridized carbons (Fsp3) is 0.0333. The molecule has 1 aromatic heterocycles. The fourth-order valence-electron chi connectivity index (χ4n) is 5.19. The van der Waals surface area contributed by atoms with E-state index in [2.05, 4.69) is 84.9 Å². The standard InChI is InChI=1S/C30H20N2O/c33-30-25-16-15-22(20-10-5-2-6-11-20)23-12-7-13-24(28(23)25)29-31-26-18-21(14-17-27(26)32(29)30)19-8-3-1-4-9-19/h1-18,30,33H. The molecule has 5 aromatic carbocycles. The first-order chi connectivity index (χ1) is 16.3. The maximum absolute atomic E-state index is 11.5. The Hall–Kier alpha value is -4.21. The Bertz CT molecular complexity index is 1670. The van der Waals surface area contributed by atoms with Gasteiger partial charge < -0.3 is 5.11 Å². The summed E-state index contributed by atoms with van der Waals surface area (Å²) in [4.78, 5) is 5.02. The first kappa shape index (κ1) is 18.4. The van der Waals surface area contributed by atoms with Crippen molar-refractivity contribution in [2.75, 3.05) is 0 Å². The molecule has 2 heterocycles. The van der Waals surface area contributed by atoms with E-state index in [1.165, 1.54) is 11.1 Å². The Balaban J connectivity index is 1.49. The van der Waals surface area contributed by atoms with Crippen LogP contribution in [0.1, 0.15) is 11.8 Å². The molecule has 3 heteroatoms. The SMILES string of the molecule is OC1c2ccc(-c3ccccc3)c3cccc(c23)-c2nc3cc(-c4ccccc4)ccc3n21. The van der Waals surface area contributed by atoms with Crippen LogP contribution in [0.2, 0.25) is 0 Å². The molecule has 0 bridgehead atoms. The summed E-state index contributed by atoms with van der Waals surface area (Å²) in [6, 6.07) is 37.5. The predicted octanol–water partition coefficient (Wildman–Crippen LogP) is 7.04. The van der Waals surface area contributed by atoms with Gasteiger partial charge in [-0.2, -0.15) is 0 Å². The molecule has 0 spiro atoms. The van der Waals surface area contributed by atoms with E-state index in [1.807, 2.05) is 28.8 Å². The van der Waals surface area contributed by atoms with Crippen LogP contribution in [0.3, 0.4) is 0 Å². The van der Waals surface area contributed by atoms with Crippen LogP contribution in [0.4, 0.5) is 0 Å². The van der Waals surface area contributed by atoms with Crippen molar-refractivity contribution in [1.29, 1.82) is 0 Å². The number of benzene rings is 5. The molecule has 1 unspecified atom stereocenters. The highest BCUT2D eigenvalue weighted by Gasteiger charge is 2.29. The zero-order chi connectivity index (χ0) is 21.9. The van der Waals surface area contributed by atoms with Gasteiger partial charge in [-0.25, -0.2) is 4.98 Å². The number of aliphatic hydroxyl groups excluding tert-OH is 1. The smallest absolute Gasteiger partial charge is 0.159 e. The van der Waals surface area contributed by atoms with Gasteiger partial charge in [-0.1, -0.05) is 97.1 Å². The largest absolute Gasteiger partial charge is 0.369 e. The molecule has 6 aromatic rings. The number of imidazole rings is 1. The maximum atomic E-state index is 11.5.